The van der Waals surface area contributed by atoms with Crippen molar-refractivity contribution >= 4 is 33.7 Å². The summed E-state index contributed by atoms with van der Waals surface area (Å²) in [7, 11) is 0. The van der Waals surface area contributed by atoms with Gasteiger partial charge in [-0.25, -0.2) is 13.9 Å². The molecule has 7 heteroatoms. The maximum absolute atomic E-state index is 14.3. The normalized spacial score (nSPS) is 11.0. The number of hydrogen-bond acceptors (Lipinski definition) is 3. The standard InChI is InChI=1S/C16H12ClF2N3O/c1-7-3-4-12(10(17)5-7)20-15-13-9(6-11(18)14(15)19)8(2)21-22-16(13)23/h3-6,20H,1-2H3,(H,22,23). The van der Waals surface area contributed by atoms with E-state index in [1.807, 2.05) is 6.92 Å². The van der Waals surface area contributed by atoms with E-state index in [0.29, 0.717) is 16.4 Å². The van der Waals surface area contributed by atoms with E-state index >= 15 is 0 Å². The number of H-pyrrole nitrogens is 1. The average Bonchev–Trinajstić information content (AvgIpc) is 2.50. The van der Waals surface area contributed by atoms with Crippen LogP contribution in [-0.4, -0.2) is 10.2 Å². The minimum absolute atomic E-state index is 0.00644. The predicted octanol–water partition coefficient (Wildman–Crippen LogP) is 4.22. The molecule has 0 fully saturated rings. The summed E-state index contributed by atoms with van der Waals surface area (Å²) in [6.07, 6.45) is 0. The highest BCUT2D eigenvalue weighted by Gasteiger charge is 2.19. The van der Waals surface area contributed by atoms with Crippen molar-refractivity contribution in [2.45, 2.75) is 13.8 Å². The molecule has 0 amide bonds. The Kier molecular flexibility index (Phi) is 3.77. The second kappa shape index (κ2) is 5.62. The number of benzene rings is 2. The number of halogens is 3. The third kappa shape index (κ3) is 2.66. The monoisotopic (exact) mass is 335 g/mol. The quantitative estimate of drug-likeness (QED) is 0.737. The first-order valence-electron chi connectivity index (χ1n) is 6.78. The van der Waals surface area contributed by atoms with Crippen LogP contribution in [0.15, 0.2) is 29.1 Å². The lowest BCUT2D eigenvalue weighted by Gasteiger charge is -2.13. The molecule has 3 aromatic rings. The SMILES string of the molecule is Cc1ccc(Nc2c(F)c(F)cc3c(C)n[nH]c(=O)c23)c(Cl)c1. The molecule has 0 saturated carbocycles. The highest BCUT2D eigenvalue weighted by Crippen LogP contribution is 2.33. The van der Waals surface area contributed by atoms with E-state index in [-0.39, 0.29) is 16.5 Å². The van der Waals surface area contributed by atoms with E-state index in [0.717, 1.165) is 11.6 Å². The summed E-state index contributed by atoms with van der Waals surface area (Å²) in [6.45, 7) is 3.45. The van der Waals surface area contributed by atoms with Gasteiger partial charge in [0, 0.05) is 5.39 Å². The van der Waals surface area contributed by atoms with Crippen molar-refractivity contribution in [2.24, 2.45) is 0 Å². The number of aromatic amines is 1. The van der Waals surface area contributed by atoms with Crippen molar-refractivity contribution < 1.29 is 8.78 Å². The number of hydrogen-bond donors (Lipinski definition) is 2. The molecule has 0 unspecified atom stereocenters. The molecular weight excluding hydrogens is 324 g/mol. The molecule has 118 valence electrons. The fourth-order valence-corrected chi connectivity index (χ4v) is 2.65. The van der Waals surface area contributed by atoms with Gasteiger partial charge in [-0.15, -0.1) is 0 Å². The first-order chi connectivity index (χ1) is 10.9. The van der Waals surface area contributed by atoms with E-state index in [4.69, 9.17) is 11.6 Å². The molecule has 0 aliphatic rings. The maximum atomic E-state index is 14.3. The second-order valence-corrected chi connectivity index (χ2v) is 5.62. The van der Waals surface area contributed by atoms with Crippen LogP contribution in [0.4, 0.5) is 20.2 Å². The van der Waals surface area contributed by atoms with Gasteiger partial charge in [-0.1, -0.05) is 17.7 Å². The Labute approximate surface area is 135 Å². The molecule has 2 N–H and O–H groups in total. The van der Waals surface area contributed by atoms with Crippen molar-refractivity contribution in [2.75, 3.05) is 5.32 Å². The number of anilines is 2. The highest BCUT2D eigenvalue weighted by molar-refractivity contribution is 6.33. The van der Waals surface area contributed by atoms with Gasteiger partial charge in [-0.2, -0.15) is 5.10 Å². The molecule has 1 aromatic heterocycles. The number of aromatic nitrogens is 2. The topological polar surface area (TPSA) is 57.8 Å². The zero-order valence-corrected chi connectivity index (χ0v) is 13.1. The van der Waals surface area contributed by atoms with E-state index in [1.54, 1.807) is 25.1 Å². The smallest absolute Gasteiger partial charge is 0.274 e. The van der Waals surface area contributed by atoms with Gasteiger partial charge < -0.3 is 5.32 Å². The summed E-state index contributed by atoms with van der Waals surface area (Å²) >= 11 is 6.12. The van der Waals surface area contributed by atoms with Crippen LogP contribution in [0.5, 0.6) is 0 Å². The molecule has 1 heterocycles. The van der Waals surface area contributed by atoms with Crippen LogP contribution in [-0.2, 0) is 0 Å². The van der Waals surface area contributed by atoms with E-state index in [2.05, 4.69) is 15.5 Å². The predicted molar refractivity (Wildman–Crippen MR) is 86.5 cm³/mol. The minimum atomic E-state index is -1.15. The maximum Gasteiger partial charge on any atom is 0.274 e. The van der Waals surface area contributed by atoms with Crippen LogP contribution in [0.2, 0.25) is 5.02 Å². The first-order valence-corrected chi connectivity index (χ1v) is 7.16. The number of nitrogens with zero attached hydrogens (tertiary/aromatic N) is 1. The van der Waals surface area contributed by atoms with Gasteiger partial charge in [0.2, 0.25) is 0 Å². The zero-order chi connectivity index (χ0) is 16.7. The van der Waals surface area contributed by atoms with Crippen molar-refractivity contribution in [1.29, 1.82) is 0 Å². The summed E-state index contributed by atoms with van der Waals surface area (Å²) in [6, 6.07) is 6.05. The third-order valence-corrected chi connectivity index (χ3v) is 3.86. The van der Waals surface area contributed by atoms with E-state index in [1.165, 1.54) is 0 Å². The molecule has 4 nitrogen and oxygen atoms in total. The number of nitrogens with one attached hydrogen (secondary N) is 2. The Morgan fingerprint density at radius 1 is 1.22 bits per heavy atom. The third-order valence-electron chi connectivity index (χ3n) is 3.55. The Hall–Kier alpha value is -2.47. The molecule has 0 aliphatic carbocycles. The van der Waals surface area contributed by atoms with Crippen LogP contribution in [0.3, 0.4) is 0 Å². The molecule has 23 heavy (non-hydrogen) atoms. The van der Waals surface area contributed by atoms with Crippen molar-refractivity contribution in [1.82, 2.24) is 10.2 Å². The van der Waals surface area contributed by atoms with Crippen LogP contribution in [0, 0.1) is 25.5 Å². The number of rotatable bonds is 2. The Morgan fingerprint density at radius 3 is 2.65 bits per heavy atom. The molecule has 0 bridgehead atoms. The molecule has 0 spiro atoms. The summed E-state index contributed by atoms with van der Waals surface area (Å²) in [5.74, 6) is -2.22. The fourth-order valence-electron chi connectivity index (χ4n) is 2.37. The molecule has 0 aliphatic heterocycles. The molecule has 0 saturated heterocycles. The fraction of sp³-hybridized carbons (Fsp3) is 0.125. The molecule has 2 aromatic carbocycles. The van der Waals surface area contributed by atoms with Gasteiger partial charge in [-0.05, 0) is 37.6 Å². The summed E-state index contributed by atoms with van der Waals surface area (Å²) < 4.78 is 28.2. The van der Waals surface area contributed by atoms with Crippen LogP contribution in [0.25, 0.3) is 10.8 Å². The summed E-state index contributed by atoms with van der Waals surface area (Å²) in [4.78, 5) is 12.1. The van der Waals surface area contributed by atoms with Gasteiger partial charge in [0.1, 0.15) is 0 Å². The highest BCUT2D eigenvalue weighted by atomic mass is 35.5. The number of fused-ring (bicyclic) bond motifs is 1. The minimum Gasteiger partial charge on any atom is -0.351 e. The second-order valence-electron chi connectivity index (χ2n) is 5.22. The molecular formula is C16H12ClF2N3O. The summed E-state index contributed by atoms with van der Waals surface area (Å²) in [5.41, 5.74) is 0.796. The lowest BCUT2D eigenvalue weighted by atomic mass is 10.1. The summed E-state index contributed by atoms with van der Waals surface area (Å²) in [5, 5.41) is 9.34. The van der Waals surface area contributed by atoms with Gasteiger partial charge in [-0.3, -0.25) is 4.79 Å². The first kappa shape index (κ1) is 15.4. The van der Waals surface area contributed by atoms with E-state index < -0.39 is 17.2 Å². The molecule has 3 rings (SSSR count). The van der Waals surface area contributed by atoms with Crippen LogP contribution >= 0.6 is 11.6 Å². The van der Waals surface area contributed by atoms with Crippen molar-refractivity contribution in [3.8, 4) is 0 Å². The van der Waals surface area contributed by atoms with Crippen LogP contribution in [0.1, 0.15) is 11.3 Å². The number of aryl methyl sites for hydroxylation is 2. The zero-order valence-electron chi connectivity index (χ0n) is 12.3. The van der Waals surface area contributed by atoms with Gasteiger partial charge in [0.05, 0.1) is 27.5 Å². The Balaban J connectivity index is 2.30. The van der Waals surface area contributed by atoms with Crippen LogP contribution < -0.4 is 10.9 Å². The largest absolute Gasteiger partial charge is 0.351 e. The lowest BCUT2D eigenvalue weighted by molar-refractivity contribution is 0.513. The van der Waals surface area contributed by atoms with Gasteiger partial charge in [0.25, 0.3) is 5.56 Å². The van der Waals surface area contributed by atoms with Crippen molar-refractivity contribution in [3.63, 3.8) is 0 Å². The Bertz CT molecular complexity index is 985. The lowest BCUT2D eigenvalue weighted by Crippen LogP contribution is -2.13. The van der Waals surface area contributed by atoms with Crippen molar-refractivity contribution in [3.05, 3.63) is 62.5 Å². The van der Waals surface area contributed by atoms with Gasteiger partial charge >= 0.3 is 0 Å². The van der Waals surface area contributed by atoms with E-state index in [9.17, 15) is 13.6 Å². The average molecular weight is 336 g/mol. The Morgan fingerprint density at radius 2 is 1.96 bits per heavy atom. The molecule has 0 radical (unpaired) electrons. The van der Waals surface area contributed by atoms with Gasteiger partial charge in [0.15, 0.2) is 11.6 Å². The molecule has 0 atom stereocenters.